The third-order valence-electron chi connectivity index (χ3n) is 14.5. The van der Waals surface area contributed by atoms with E-state index < -0.39 is 83.9 Å². The molecule has 14 heteroatoms. The molecule has 0 aromatic rings. The first-order valence-corrected chi connectivity index (χ1v) is 23.9. The smallest absolute Gasteiger partial charge is 0.329 e. The molecule has 3 heterocycles. The van der Waals surface area contributed by atoms with Gasteiger partial charge in [-0.3, -0.25) is 19.2 Å². The zero-order chi connectivity index (χ0) is 48.2. The van der Waals surface area contributed by atoms with E-state index in [1.807, 2.05) is 58.1 Å². The molecule has 0 aromatic heterocycles. The van der Waals surface area contributed by atoms with Crippen LogP contribution in [-0.2, 0) is 47.7 Å². The van der Waals surface area contributed by atoms with E-state index in [1.54, 1.807) is 41.1 Å². The third kappa shape index (κ3) is 14.3. The minimum Gasteiger partial charge on any atom is -0.460 e. The molecule has 0 aromatic carbocycles. The predicted octanol–water partition coefficient (Wildman–Crippen LogP) is 6.18. The number of fused-ring (bicyclic) bond motifs is 3. The van der Waals surface area contributed by atoms with Crippen LogP contribution >= 0.6 is 0 Å². The van der Waals surface area contributed by atoms with Crippen LogP contribution in [0.3, 0.4) is 0 Å². The number of Topliss-reactive ketones (excluding diaryl/α,β-unsaturated/α-hetero) is 3. The van der Waals surface area contributed by atoms with Crippen molar-refractivity contribution in [1.82, 2.24) is 4.90 Å². The number of cyclic esters (lactones) is 1. The van der Waals surface area contributed by atoms with Crippen LogP contribution in [-0.4, -0.2) is 132 Å². The lowest BCUT2D eigenvalue weighted by Crippen LogP contribution is -2.61. The van der Waals surface area contributed by atoms with Crippen molar-refractivity contribution in [3.8, 4) is 0 Å². The second kappa shape index (κ2) is 25.1. The summed E-state index contributed by atoms with van der Waals surface area (Å²) in [7, 11) is 4.53. The van der Waals surface area contributed by atoms with Crippen LogP contribution in [0.1, 0.15) is 126 Å². The van der Waals surface area contributed by atoms with Crippen LogP contribution in [0.25, 0.3) is 0 Å². The van der Waals surface area contributed by atoms with Crippen LogP contribution in [0.15, 0.2) is 47.6 Å². The summed E-state index contributed by atoms with van der Waals surface area (Å²) in [5.41, 5.74) is 1.19. The number of hydrogen-bond donors (Lipinski definition) is 3. The van der Waals surface area contributed by atoms with Gasteiger partial charge in [-0.1, -0.05) is 71.1 Å². The van der Waals surface area contributed by atoms with Crippen LogP contribution < -0.4 is 0 Å². The molecule has 366 valence electrons. The molecule has 3 N–H and O–H groups in total. The Balaban J connectivity index is 1.70. The maximum atomic E-state index is 14.4. The zero-order valence-corrected chi connectivity index (χ0v) is 40.6. The number of nitrogens with zero attached hydrogens (tertiary/aromatic N) is 1. The van der Waals surface area contributed by atoms with Crippen molar-refractivity contribution in [1.29, 1.82) is 0 Å². The highest BCUT2D eigenvalue weighted by Gasteiger charge is 2.53. The van der Waals surface area contributed by atoms with Gasteiger partial charge in [0.05, 0.1) is 30.5 Å². The molecule has 0 spiro atoms. The molecule has 0 radical (unpaired) electrons. The number of aliphatic hydroxyl groups is 3. The van der Waals surface area contributed by atoms with E-state index >= 15 is 0 Å². The second-order valence-corrected chi connectivity index (χ2v) is 19.6. The number of allylic oxidation sites excluding steroid dienone is 6. The van der Waals surface area contributed by atoms with Gasteiger partial charge < -0.3 is 43.9 Å². The van der Waals surface area contributed by atoms with Gasteiger partial charge in [0.15, 0.2) is 11.6 Å². The predicted molar refractivity (Wildman–Crippen MR) is 245 cm³/mol. The average molecular weight is 914 g/mol. The number of carbonyl (C=O) groups is 5. The molecule has 15 atom stereocenters. The van der Waals surface area contributed by atoms with Gasteiger partial charge in [-0.25, -0.2) is 4.79 Å². The summed E-state index contributed by atoms with van der Waals surface area (Å²) in [4.78, 5) is 71.7. The second-order valence-electron chi connectivity index (χ2n) is 19.6. The van der Waals surface area contributed by atoms with Crippen molar-refractivity contribution in [2.24, 2.45) is 35.5 Å². The number of carbonyl (C=O) groups excluding carboxylic acids is 5. The summed E-state index contributed by atoms with van der Waals surface area (Å²) in [5, 5.41) is 33.9. The van der Waals surface area contributed by atoms with Gasteiger partial charge in [0.1, 0.15) is 18.2 Å². The van der Waals surface area contributed by atoms with Gasteiger partial charge >= 0.3 is 5.97 Å². The Kier molecular flexibility index (Phi) is 21.0. The van der Waals surface area contributed by atoms with Gasteiger partial charge in [0, 0.05) is 58.5 Å². The summed E-state index contributed by atoms with van der Waals surface area (Å²) in [6.07, 6.45) is 11.2. The molecule has 1 amide bonds. The number of piperidine rings is 1. The van der Waals surface area contributed by atoms with E-state index in [-0.39, 0.29) is 54.8 Å². The fourth-order valence-corrected chi connectivity index (χ4v) is 10.1. The van der Waals surface area contributed by atoms with E-state index in [1.165, 1.54) is 12.0 Å². The first kappa shape index (κ1) is 54.2. The highest BCUT2D eigenvalue weighted by molar-refractivity contribution is 6.39. The normalized spacial score (nSPS) is 37.8. The maximum absolute atomic E-state index is 14.4. The van der Waals surface area contributed by atoms with Crippen LogP contribution in [0.5, 0.6) is 0 Å². The lowest BCUT2D eigenvalue weighted by Gasteiger charge is -2.42. The maximum Gasteiger partial charge on any atom is 0.329 e. The van der Waals surface area contributed by atoms with Crippen molar-refractivity contribution < 1.29 is 63.0 Å². The Morgan fingerprint density at radius 2 is 1.58 bits per heavy atom. The summed E-state index contributed by atoms with van der Waals surface area (Å²) >= 11 is 0. The summed E-state index contributed by atoms with van der Waals surface area (Å²) in [5.74, 6) is -7.93. The Bertz CT molecular complexity index is 1760. The molecule has 14 nitrogen and oxygen atoms in total. The molecule has 3 aliphatic heterocycles. The van der Waals surface area contributed by atoms with Gasteiger partial charge in [-0.05, 0) is 107 Å². The zero-order valence-electron chi connectivity index (χ0n) is 40.6. The van der Waals surface area contributed by atoms with Gasteiger partial charge in [0.2, 0.25) is 5.79 Å². The molecule has 4 aliphatic rings. The monoisotopic (exact) mass is 914 g/mol. The molecule has 2 bridgehead atoms. The number of rotatable bonds is 6. The van der Waals surface area contributed by atoms with Gasteiger partial charge in [-0.2, -0.15) is 0 Å². The molecule has 2 saturated heterocycles. The number of ketones is 3. The Morgan fingerprint density at radius 3 is 2.26 bits per heavy atom. The molecule has 3 fully saturated rings. The highest BCUT2D eigenvalue weighted by atomic mass is 16.6. The third-order valence-corrected chi connectivity index (χ3v) is 14.5. The van der Waals surface area contributed by atoms with Crippen molar-refractivity contribution in [3.63, 3.8) is 0 Å². The first-order valence-electron chi connectivity index (χ1n) is 23.9. The molecule has 4 rings (SSSR count). The Hall–Kier alpha value is -3.37. The van der Waals surface area contributed by atoms with Crippen molar-refractivity contribution >= 4 is 29.2 Å². The van der Waals surface area contributed by atoms with Crippen molar-refractivity contribution in [2.75, 3.05) is 27.9 Å². The SMILES string of the molecule is COC1CC2CC[C@@H](C)C(O)(O2)C(=O)C(=O)N2CCCC[C@H]2C(=O)OC([C@H](C)CC2CCC(O)C(OC)C2)CC(=O)C(C)=CC(C)C(O)C(OC)C(=O)[C@H](C)C[C@H](C)C=CC=CC=C1C. The fourth-order valence-electron chi connectivity index (χ4n) is 10.1. The lowest BCUT2D eigenvalue weighted by atomic mass is 9.78. The fraction of sp³-hybridized carbons (Fsp3) is 0.745. The lowest BCUT2D eigenvalue weighted by molar-refractivity contribution is -0.265. The Morgan fingerprint density at radius 1 is 0.862 bits per heavy atom. The van der Waals surface area contributed by atoms with E-state index in [9.17, 15) is 39.3 Å². The first-order chi connectivity index (χ1) is 30.7. The van der Waals surface area contributed by atoms with Crippen molar-refractivity contribution in [3.05, 3.63) is 47.6 Å². The molecule has 1 saturated carbocycles. The molecular weight excluding hydrogens is 835 g/mol. The van der Waals surface area contributed by atoms with Crippen molar-refractivity contribution in [2.45, 2.75) is 180 Å². The van der Waals surface area contributed by atoms with E-state index in [0.717, 1.165) is 12.0 Å². The largest absolute Gasteiger partial charge is 0.460 e. The number of esters is 1. The van der Waals surface area contributed by atoms with E-state index in [0.29, 0.717) is 63.4 Å². The quantitative estimate of drug-likeness (QED) is 0.202. The van der Waals surface area contributed by atoms with Crippen LogP contribution in [0.4, 0.5) is 0 Å². The van der Waals surface area contributed by atoms with Crippen LogP contribution in [0.2, 0.25) is 0 Å². The topological polar surface area (TPSA) is 195 Å². The summed E-state index contributed by atoms with van der Waals surface area (Å²) < 4.78 is 29.4. The van der Waals surface area contributed by atoms with Gasteiger partial charge in [-0.15, -0.1) is 0 Å². The highest BCUT2D eigenvalue weighted by Crippen LogP contribution is 2.38. The summed E-state index contributed by atoms with van der Waals surface area (Å²) in [6, 6.07) is -1.14. The number of aliphatic hydroxyl groups excluding tert-OH is 2. The number of ether oxygens (including phenoxy) is 5. The van der Waals surface area contributed by atoms with E-state index in [4.69, 9.17) is 23.7 Å². The number of amides is 1. The molecular formula is C51H79NO13. The minimum absolute atomic E-state index is 0.0220. The minimum atomic E-state index is -2.43. The van der Waals surface area contributed by atoms with Gasteiger partial charge in [0.25, 0.3) is 11.7 Å². The van der Waals surface area contributed by atoms with Crippen LogP contribution in [0, 0.1) is 35.5 Å². The molecule has 65 heavy (non-hydrogen) atoms. The van der Waals surface area contributed by atoms with E-state index in [2.05, 4.69) is 0 Å². The standard InChI is InChI=1S/C51H79NO13/c1-30-16-12-11-13-17-31(2)42(61-8)28-38-21-19-36(7)51(60,65-38)48(57)49(58)52-23-15-14-18-39(52)50(59)64-43(33(4)26-37-20-22-40(53)44(27-37)62-9)29-41(54)32(3)25-35(6)46(56)47(63-10)45(55)34(5)24-30/h11-13,16-17,25,30,33-40,42-44,46-47,53,56,60H,14-15,18-24,26-29H2,1-10H3/t30-,33-,34-,35?,36-,37?,38?,39+,40?,42?,43?,44?,46?,47?,51?/m1/s1. The summed E-state index contributed by atoms with van der Waals surface area (Å²) in [6.45, 7) is 12.7. The number of hydrogen-bond acceptors (Lipinski definition) is 13. The Labute approximate surface area is 387 Å². The average Bonchev–Trinajstić information content (AvgIpc) is 3.28. The molecule has 10 unspecified atom stereocenters. The number of methoxy groups -OCH3 is 3. The molecule has 1 aliphatic carbocycles.